The van der Waals surface area contributed by atoms with Gasteiger partial charge in [-0.05, 0) is 12.3 Å². The highest BCUT2D eigenvalue weighted by molar-refractivity contribution is 5.82. The topological polar surface area (TPSA) is 43.1 Å². The normalized spacial score (nSPS) is 13.9. The summed E-state index contributed by atoms with van der Waals surface area (Å²) < 4.78 is 0. The van der Waals surface area contributed by atoms with Crippen molar-refractivity contribution in [3.8, 4) is 0 Å². The maximum absolute atomic E-state index is 11.5. The van der Waals surface area contributed by atoms with Gasteiger partial charge in [0.1, 0.15) is 5.78 Å². The van der Waals surface area contributed by atoms with Gasteiger partial charge in [-0.3, -0.25) is 4.79 Å². The third kappa shape index (κ3) is 3.86. The van der Waals surface area contributed by atoms with E-state index in [2.05, 4.69) is 13.8 Å². The molecule has 2 N–H and O–H groups in total. The van der Waals surface area contributed by atoms with E-state index in [1.807, 2.05) is 13.8 Å². The van der Waals surface area contributed by atoms with Gasteiger partial charge >= 0.3 is 0 Å². The average Bonchev–Trinajstić information content (AvgIpc) is 1.98. The summed E-state index contributed by atoms with van der Waals surface area (Å²) in [6.45, 7) is 8.61. The van der Waals surface area contributed by atoms with Crippen LogP contribution in [0.3, 0.4) is 0 Å². The van der Waals surface area contributed by atoms with Gasteiger partial charge in [0, 0.05) is 18.4 Å². The Kier molecular flexibility index (Phi) is 5.14. The second-order valence-electron chi connectivity index (χ2n) is 4.12. The molecule has 0 spiro atoms. The van der Waals surface area contributed by atoms with Crippen LogP contribution in [0.1, 0.15) is 34.1 Å². The Morgan fingerprint density at radius 3 is 2.00 bits per heavy atom. The molecule has 0 aliphatic heterocycles. The molecule has 2 heteroatoms. The van der Waals surface area contributed by atoms with E-state index in [1.165, 1.54) is 0 Å². The quantitative estimate of drug-likeness (QED) is 0.685. The minimum absolute atomic E-state index is 0.0741. The summed E-state index contributed by atoms with van der Waals surface area (Å²) in [5.41, 5.74) is 5.54. The van der Waals surface area contributed by atoms with Crippen molar-refractivity contribution in [1.29, 1.82) is 0 Å². The van der Waals surface area contributed by atoms with Crippen LogP contribution >= 0.6 is 0 Å². The van der Waals surface area contributed by atoms with Crippen molar-refractivity contribution in [2.75, 3.05) is 6.54 Å². The van der Waals surface area contributed by atoms with Crippen LogP contribution in [0.5, 0.6) is 0 Å². The highest BCUT2D eigenvalue weighted by Gasteiger charge is 2.20. The van der Waals surface area contributed by atoms with Gasteiger partial charge in [-0.15, -0.1) is 0 Å². The molecule has 0 aliphatic carbocycles. The largest absolute Gasteiger partial charge is 0.330 e. The number of rotatable bonds is 5. The Labute approximate surface area is 75.5 Å². The first-order valence-electron chi connectivity index (χ1n) is 4.72. The Morgan fingerprint density at radius 2 is 1.75 bits per heavy atom. The summed E-state index contributed by atoms with van der Waals surface area (Å²) in [6, 6.07) is 0. The molecule has 0 aliphatic rings. The lowest BCUT2D eigenvalue weighted by molar-refractivity contribution is -0.126. The van der Waals surface area contributed by atoms with E-state index in [-0.39, 0.29) is 11.8 Å². The summed E-state index contributed by atoms with van der Waals surface area (Å²) in [5.74, 6) is 1.06. The van der Waals surface area contributed by atoms with Gasteiger partial charge in [-0.2, -0.15) is 0 Å². The molecule has 0 radical (unpaired) electrons. The molecule has 2 nitrogen and oxygen atoms in total. The van der Waals surface area contributed by atoms with Crippen LogP contribution in [0, 0.1) is 17.8 Å². The van der Waals surface area contributed by atoms with Crippen LogP contribution in [-0.2, 0) is 4.79 Å². The van der Waals surface area contributed by atoms with Gasteiger partial charge in [0.2, 0.25) is 0 Å². The fourth-order valence-electron chi connectivity index (χ4n) is 1.37. The van der Waals surface area contributed by atoms with E-state index >= 15 is 0 Å². The summed E-state index contributed by atoms with van der Waals surface area (Å²) in [5, 5.41) is 0. The molecule has 0 aromatic carbocycles. The number of carbonyl (C=O) groups excluding carboxylic acids is 1. The zero-order valence-electron chi connectivity index (χ0n) is 8.63. The fraction of sp³-hybridized carbons (Fsp3) is 0.900. The van der Waals surface area contributed by atoms with E-state index < -0.39 is 0 Å². The average molecular weight is 171 g/mol. The molecule has 72 valence electrons. The van der Waals surface area contributed by atoms with E-state index in [1.54, 1.807) is 0 Å². The fourth-order valence-corrected chi connectivity index (χ4v) is 1.37. The SMILES string of the molecule is CC(C)CC(CN)C(=O)C(C)C. The van der Waals surface area contributed by atoms with Crippen molar-refractivity contribution >= 4 is 5.78 Å². The van der Waals surface area contributed by atoms with Crippen LogP contribution in [0.2, 0.25) is 0 Å². The lowest BCUT2D eigenvalue weighted by Crippen LogP contribution is -2.28. The van der Waals surface area contributed by atoms with Gasteiger partial charge in [-0.25, -0.2) is 0 Å². The molecular formula is C10H21NO. The van der Waals surface area contributed by atoms with Crippen molar-refractivity contribution in [2.45, 2.75) is 34.1 Å². The Balaban J connectivity index is 4.06. The molecule has 0 saturated carbocycles. The van der Waals surface area contributed by atoms with Crippen LogP contribution in [0.25, 0.3) is 0 Å². The van der Waals surface area contributed by atoms with Crippen LogP contribution < -0.4 is 5.73 Å². The van der Waals surface area contributed by atoms with Crippen molar-refractivity contribution in [3.63, 3.8) is 0 Å². The Morgan fingerprint density at radius 1 is 1.25 bits per heavy atom. The number of hydrogen-bond acceptors (Lipinski definition) is 2. The predicted octanol–water partition coefficient (Wildman–Crippen LogP) is 1.83. The molecule has 1 unspecified atom stereocenters. The van der Waals surface area contributed by atoms with E-state index in [0.717, 1.165) is 6.42 Å². The molecule has 0 amide bonds. The van der Waals surface area contributed by atoms with Gasteiger partial charge in [0.25, 0.3) is 0 Å². The van der Waals surface area contributed by atoms with Gasteiger partial charge in [0.15, 0.2) is 0 Å². The van der Waals surface area contributed by atoms with Crippen molar-refractivity contribution in [2.24, 2.45) is 23.5 Å². The standard InChI is InChI=1S/C10H21NO/c1-7(2)5-9(6-11)10(12)8(3)4/h7-9H,5-6,11H2,1-4H3. The lowest BCUT2D eigenvalue weighted by Gasteiger charge is -2.17. The highest BCUT2D eigenvalue weighted by Crippen LogP contribution is 2.15. The summed E-state index contributed by atoms with van der Waals surface area (Å²) in [7, 11) is 0. The van der Waals surface area contributed by atoms with Crippen LogP contribution in [-0.4, -0.2) is 12.3 Å². The molecule has 0 aromatic rings. The van der Waals surface area contributed by atoms with Crippen LogP contribution in [0.4, 0.5) is 0 Å². The van der Waals surface area contributed by atoms with E-state index in [4.69, 9.17) is 5.73 Å². The third-order valence-corrected chi connectivity index (χ3v) is 2.01. The molecule has 12 heavy (non-hydrogen) atoms. The first-order valence-corrected chi connectivity index (χ1v) is 4.72. The molecule has 0 saturated heterocycles. The maximum atomic E-state index is 11.5. The Hall–Kier alpha value is -0.370. The summed E-state index contributed by atoms with van der Waals surface area (Å²) in [6.07, 6.45) is 0.924. The molecule has 0 aromatic heterocycles. The summed E-state index contributed by atoms with van der Waals surface area (Å²) >= 11 is 0. The smallest absolute Gasteiger partial charge is 0.139 e. The summed E-state index contributed by atoms with van der Waals surface area (Å²) in [4.78, 5) is 11.5. The number of carbonyl (C=O) groups is 1. The first-order chi connectivity index (χ1) is 5.49. The molecule has 0 fully saturated rings. The number of ketones is 1. The van der Waals surface area contributed by atoms with E-state index in [9.17, 15) is 4.79 Å². The monoisotopic (exact) mass is 171 g/mol. The van der Waals surface area contributed by atoms with Gasteiger partial charge in [0.05, 0.1) is 0 Å². The molecular weight excluding hydrogens is 150 g/mol. The second kappa shape index (κ2) is 5.31. The van der Waals surface area contributed by atoms with Crippen molar-refractivity contribution < 1.29 is 4.79 Å². The third-order valence-electron chi connectivity index (χ3n) is 2.01. The molecule has 0 heterocycles. The zero-order valence-corrected chi connectivity index (χ0v) is 8.63. The van der Waals surface area contributed by atoms with Crippen LogP contribution in [0.15, 0.2) is 0 Å². The van der Waals surface area contributed by atoms with Gasteiger partial charge < -0.3 is 5.73 Å². The molecule has 1 atom stereocenters. The molecule has 0 bridgehead atoms. The Bertz CT molecular complexity index is 141. The number of nitrogens with two attached hydrogens (primary N) is 1. The first kappa shape index (κ1) is 11.6. The minimum atomic E-state index is 0.0741. The van der Waals surface area contributed by atoms with E-state index in [0.29, 0.717) is 18.2 Å². The minimum Gasteiger partial charge on any atom is -0.330 e. The number of Topliss-reactive ketones (excluding diaryl/α,β-unsaturated/α-hetero) is 1. The van der Waals surface area contributed by atoms with Crippen molar-refractivity contribution in [1.82, 2.24) is 0 Å². The predicted molar refractivity (Wildman–Crippen MR) is 51.8 cm³/mol. The van der Waals surface area contributed by atoms with Gasteiger partial charge in [-0.1, -0.05) is 27.7 Å². The maximum Gasteiger partial charge on any atom is 0.139 e. The lowest BCUT2D eigenvalue weighted by atomic mass is 9.88. The second-order valence-corrected chi connectivity index (χ2v) is 4.12. The highest BCUT2D eigenvalue weighted by atomic mass is 16.1. The zero-order chi connectivity index (χ0) is 9.72. The molecule has 0 rings (SSSR count). The number of hydrogen-bond donors (Lipinski definition) is 1. The van der Waals surface area contributed by atoms with Crippen molar-refractivity contribution in [3.05, 3.63) is 0 Å².